The van der Waals surface area contributed by atoms with Crippen LogP contribution in [0.15, 0.2) is 93.4 Å². The minimum Gasteiger partial charge on any atom is -0.490 e. The van der Waals surface area contributed by atoms with E-state index >= 15 is 0 Å². The zero-order chi connectivity index (χ0) is 25.5. The average Bonchev–Trinajstić information content (AvgIpc) is 2.89. The molecule has 4 aromatic rings. The molecule has 0 fully saturated rings. The maximum absolute atomic E-state index is 12.7. The number of benzene rings is 4. The molecular weight excluding hydrogens is 584 g/mol. The van der Waals surface area contributed by atoms with Crippen LogP contribution < -0.4 is 14.8 Å². The van der Waals surface area contributed by atoms with Crippen LogP contribution in [0.3, 0.4) is 0 Å². The van der Waals surface area contributed by atoms with Crippen LogP contribution in [0.2, 0.25) is 0 Å². The molecule has 4 rings (SSSR count). The Kier molecular flexibility index (Phi) is 8.42. The highest BCUT2D eigenvalue weighted by molar-refractivity contribution is 9.10. The van der Waals surface area contributed by atoms with Crippen molar-refractivity contribution in [3.05, 3.63) is 105 Å². The highest BCUT2D eigenvalue weighted by Crippen LogP contribution is 2.36. The molecule has 1 amide bonds. The summed E-state index contributed by atoms with van der Waals surface area (Å²) in [6.45, 7) is 2.69. The Hall–Kier alpha value is -3.60. The van der Waals surface area contributed by atoms with Gasteiger partial charge >= 0.3 is 0 Å². The zero-order valence-corrected chi connectivity index (χ0v) is 22.6. The van der Waals surface area contributed by atoms with Crippen LogP contribution in [-0.2, 0) is 11.4 Å². The fourth-order valence-corrected chi connectivity index (χ4v) is 4.35. The SMILES string of the molecule is CCOc1cc(/C=C(\C#N)C(=O)Nc2ccc(Br)cc2)c(Br)cc1OCc1cccc2ccccc12. The second-order valence-electron chi connectivity index (χ2n) is 7.81. The van der Waals surface area contributed by atoms with Gasteiger partial charge in [0.2, 0.25) is 0 Å². The molecule has 0 spiro atoms. The van der Waals surface area contributed by atoms with Crippen LogP contribution >= 0.6 is 31.9 Å². The normalized spacial score (nSPS) is 11.1. The molecule has 0 aliphatic carbocycles. The number of hydrogen-bond donors (Lipinski definition) is 1. The molecule has 0 aliphatic rings. The van der Waals surface area contributed by atoms with E-state index in [4.69, 9.17) is 9.47 Å². The highest BCUT2D eigenvalue weighted by atomic mass is 79.9. The number of fused-ring (bicyclic) bond motifs is 1. The predicted molar refractivity (Wildman–Crippen MR) is 150 cm³/mol. The molecule has 0 unspecified atom stereocenters. The number of rotatable bonds is 8. The fourth-order valence-electron chi connectivity index (χ4n) is 3.65. The number of hydrogen-bond acceptors (Lipinski definition) is 4. The summed E-state index contributed by atoms with van der Waals surface area (Å²) in [7, 11) is 0. The molecule has 0 saturated heterocycles. The Morgan fingerprint density at radius 1 is 0.972 bits per heavy atom. The van der Waals surface area contributed by atoms with Gasteiger partial charge in [-0.05, 0) is 71.3 Å². The number of nitrogens with one attached hydrogen (secondary N) is 1. The molecule has 1 N–H and O–H groups in total. The van der Waals surface area contributed by atoms with Gasteiger partial charge in [0, 0.05) is 14.6 Å². The van der Waals surface area contributed by atoms with Gasteiger partial charge in [-0.1, -0.05) is 74.3 Å². The maximum atomic E-state index is 12.7. The smallest absolute Gasteiger partial charge is 0.266 e. The van der Waals surface area contributed by atoms with Crippen molar-refractivity contribution >= 4 is 60.3 Å². The van der Waals surface area contributed by atoms with Crippen LogP contribution in [-0.4, -0.2) is 12.5 Å². The largest absolute Gasteiger partial charge is 0.490 e. The molecule has 4 aromatic carbocycles. The molecule has 0 saturated carbocycles. The van der Waals surface area contributed by atoms with Gasteiger partial charge in [0.25, 0.3) is 5.91 Å². The van der Waals surface area contributed by atoms with Crippen molar-refractivity contribution in [3.8, 4) is 17.6 Å². The topological polar surface area (TPSA) is 71.3 Å². The number of carbonyl (C=O) groups excluding carboxylic acids is 1. The lowest BCUT2D eigenvalue weighted by atomic mass is 10.1. The summed E-state index contributed by atoms with van der Waals surface area (Å²) in [5.41, 5.74) is 2.24. The third-order valence-electron chi connectivity index (χ3n) is 5.39. The van der Waals surface area contributed by atoms with Crippen molar-refractivity contribution in [2.45, 2.75) is 13.5 Å². The first-order valence-corrected chi connectivity index (χ1v) is 12.8. The minimum absolute atomic E-state index is 0.0366. The summed E-state index contributed by atoms with van der Waals surface area (Å²) in [4.78, 5) is 12.7. The first-order valence-electron chi connectivity index (χ1n) is 11.2. The fraction of sp³-hybridized carbons (Fsp3) is 0.103. The van der Waals surface area contributed by atoms with Gasteiger partial charge in [-0.3, -0.25) is 4.79 Å². The maximum Gasteiger partial charge on any atom is 0.266 e. The predicted octanol–water partition coefficient (Wildman–Crippen LogP) is 7.89. The Morgan fingerprint density at radius 2 is 1.69 bits per heavy atom. The molecule has 0 aromatic heterocycles. The van der Waals surface area contributed by atoms with Crippen LogP contribution in [0.5, 0.6) is 11.5 Å². The monoisotopic (exact) mass is 604 g/mol. The van der Waals surface area contributed by atoms with E-state index in [1.165, 1.54) is 6.08 Å². The van der Waals surface area contributed by atoms with Gasteiger partial charge in [-0.15, -0.1) is 0 Å². The first-order chi connectivity index (χ1) is 17.5. The number of anilines is 1. The molecule has 7 heteroatoms. The lowest BCUT2D eigenvalue weighted by Crippen LogP contribution is -2.13. The number of nitrogens with zero attached hydrogens (tertiary/aromatic N) is 1. The molecule has 0 atom stereocenters. The molecule has 0 heterocycles. The third-order valence-corrected chi connectivity index (χ3v) is 6.61. The van der Waals surface area contributed by atoms with Gasteiger partial charge < -0.3 is 14.8 Å². The van der Waals surface area contributed by atoms with Gasteiger partial charge in [0.1, 0.15) is 18.2 Å². The molecule has 0 bridgehead atoms. The molecule has 0 aliphatic heterocycles. The van der Waals surface area contributed by atoms with Crippen LogP contribution in [0.25, 0.3) is 16.8 Å². The van der Waals surface area contributed by atoms with E-state index in [1.54, 1.807) is 24.3 Å². The van der Waals surface area contributed by atoms with Crippen molar-refractivity contribution < 1.29 is 14.3 Å². The summed E-state index contributed by atoms with van der Waals surface area (Å²) in [5, 5.41) is 14.7. The number of amides is 1. The van der Waals surface area contributed by atoms with Crippen molar-refractivity contribution in [2.24, 2.45) is 0 Å². The van der Waals surface area contributed by atoms with Crippen molar-refractivity contribution in [2.75, 3.05) is 11.9 Å². The molecular formula is C29H22Br2N2O3. The Labute approximate surface area is 226 Å². The number of ether oxygens (including phenoxy) is 2. The molecule has 180 valence electrons. The lowest BCUT2D eigenvalue weighted by molar-refractivity contribution is -0.112. The summed E-state index contributed by atoms with van der Waals surface area (Å²) < 4.78 is 13.6. The van der Waals surface area contributed by atoms with Crippen molar-refractivity contribution in [3.63, 3.8) is 0 Å². The second kappa shape index (κ2) is 11.9. The molecule has 5 nitrogen and oxygen atoms in total. The van der Waals surface area contributed by atoms with Gasteiger partial charge in [0.15, 0.2) is 11.5 Å². The standard InChI is InChI=1S/C29H22Br2N2O3/c1-2-35-27-15-21(14-22(17-32)29(34)33-24-12-10-23(30)11-13-24)26(31)16-28(27)36-18-20-8-5-7-19-6-3-4-9-25(19)20/h3-16H,2,18H2,1H3,(H,33,34)/b22-14+. The van der Waals surface area contributed by atoms with Crippen molar-refractivity contribution in [1.29, 1.82) is 5.26 Å². The Balaban J connectivity index is 1.59. The van der Waals surface area contributed by atoms with E-state index < -0.39 is 5.91 Å². The second-order valence-corrected chi connectivity index (χ2v) is 9.58. The van der Waals surface area contributed by atoms with E-state index in [9.17, 15) is 10.1 Å². The quantitative estimate of drug-likeness (QED) is 0.164. The van der Waals surface area contributed by atoms with E-state index in [0.717, 1.165) is 20.8 Å². The third kappa shape index (κ3) is 6.14. The summed E-state index contributed by atoms with van der Waals surface area (Å²) in [5.74, 6) is 0.588. The van der Waals surface area contributed by atoms with Gasteiger partial charge in [-0.2, -0.15) is 5.26 Å². The van der Waals surface area contributed by atoms with E-state index in [0.29, 0.717) is 40.4 Å². The van der Waals surface area contributed by atoms with E-state index in [-0.39, 0.29) is 5.57 Å². The number of halogens is 2. The molecule has 0 radical (unpaired) electrons. The van der Waals surface area contributed by atoms with E-state index in [2.05, 4.69) is 55.4 Å². The average molecular weight is 606 g/mol. The van der Waals surface area contributed by atoms with Gasteiger partial charge in [0.05, 0.1) is 6.61 Å². The summed E-state index contributed by atoms with van der Waals surface area (Å²) in [6, 6.07) is 27.0. The summed E-state index contributed by atoms with van der Waals surface area (Å²) >= 11 is 6.92. The molecule has 36 heavy (non-hydrogen) atoms. The number of nitriles is 1. The van der Waals surface area contributed by atoms with Crippen LogP contribution in [0, 0.1) is 11.3 Å². The zero-order valence-electron chi connectivity index (χ0n) is 19.4. The van der Waals surface area contributed by atoms with Crippen LogP contribution in [0.4, 0.5) is 5.69 Å². The minimum atomic E-state index is -0.499. The highest BCUT2D eigenvalue weighted by Gasteiger charge is 2.15. The Bertz CT molecular complexity index is 1470. The lowest BCUT2D eigenvalue weighted by Gasteiger charge is -2.15. The number of carbonyl (C=O) groups is 1. The van der Waals surface area contributed by atoms with Gasteiger partial charge in [-0.25, -0.2) is 0 Å². The van der Waals surface area contributed by atoms with Crippen molar-refractivity contribution in [1.82, 2.24) is 0 Å². The first kappa shape index (κ1) is 25.5. The van der Waals surface area contributed by atoms with E-state index in [1.807, 2.05) is 49.4 Å². The van der Waals surface area contributed by atoms with Crippen LogP contribution in [0.1, 0.15) is 18.1 Å². The Morgan fingerprint density at radius 3 is 2.44 bits per heavy atom. The summed E-state index contributed by atoms with van der Waals surface area (Å²) in [6.07, 6.45) is 1.52.